The molecule has 4 rings (SSSR count). The molecular formula is C27H41ClN2O. The van der Waals surface area contributed by atoms with E-state index < -0.39 is 0 Å². The Hall–Kier alpha value is -1.06. The van der Waals surface area contributed by atoms with Crippen molar-refractivity contribution in [1.29, 1.82) is 0 Å². The number of rotatable bonds is 9. The molecule has 2 bridgehead atoms. The van der Waals surface area contributed by atoms with Crippen molar-refractivity contribution >= 4 is 17.5 Å². The second-order valence-electron chi connectivity index (χ2n) is 10.7. The van der Waals surface area contributed by atoms with Crippen LogP contribution in [0.2, 0.25) is 5.02 Å². The fraction of sp³-hybridized carbons (Fsp3) is 0.741. The van der Waals surface area contributed by atoms with Gasteiger partial charge < -0.3 is 10.6 Å². The van der Waals surface area contributed by atoms with Crippen molar-refractivity contribution < 1.29 is 4.79 Å². The Balaban J connectivity index is 1.23. The topological polar surface area (TPSA) is 41.1 Å². The molecule has 1 amide bonds. The fourth-order valence-corrected chi connectivity index (χ4v) is 6.65. The molecule has 0 unspecified atom stereocenters. The van der Waals surface area contributed by atoms with Gasteiger partial charge in [0.05, 0.1) is 10.6 Å². The molecule has 0 heterocycles. The average molecular weight is 445 g/mol. The van der Waals surface area contributed by atoms with Crippen LogP contribution in [0.5, 0.6) is 0 Å². The molecule has 172 valence electrons. The summed E-state index contributed by atoms with van der Waals surface area (Å²) in [5, 5.41) is 7.47. The molecule has 4 heteroatoms. The number of hydrogen-bond donors (Lipinski definition) is 2. The largest absolute Gasteiger partial charge is 0.351 e. The van der Waals surface area contributed by atoms with Crippen LogP contribution in [-0.2, 0) is 6.42 Å². The summed E-state index contributed by atoms with van der Waals surface area (Å²) >= 11 is 6.41. The van der Waals surface area contributed by atoms with E-state index in [1.54, 1.807) is 0 Å². The van der Waals surface area contributed by atoms with Crippen molar-refractivity contribution in [2.45, 2.75) is 89.9 Å². The molecule has 0 atom stereocenters. The minimum atomic E-state index is 0.00402. The van der Waals surface area contributed by atoms with Crippen molar-refractivity contribution in [2.75, 3.05) is 19.6 Å². The third kappa shape index (κ3) is 6.48. The summed E-state index contributed by atoms with van der Waals surface area (Å²) in [6.07, 6.45) is 18.4. The molecule has 0 radical (unpaired) electrons. The molecule has 2 N–H and O–H groups in total. The first-order valence-electron chi connectivity index (χ1n) is 12.9. The summed E-state index contributed by atoms with van der Waals surface area (Å²) in [6, 6.07) is 5.99. The molecule has 3 fully saturated rings. The highest BCUT2D eigenvalue weighted by atomic mass is 35.5. The molecule has 3 aliphatic rings. The van der Waals surface area contributed by atoms with Gasteiger partial charge in [0.25, 0.3) is 5.91 Å². The van der Waals surface area contributed by atoms with Crippen molar-refractivity contribution in [3.8, 4) is 0 Å². The predicted octanol–water partition coefficient (Wildman–Crippen LogP) is 6.53. The first kappa shape index (κ1) is 23.1. The molecule has 1 aromatic rings. The van der Waals surface area contributed by atoms with Gasteiger partial charge in [-0.2, -0.15) is 0 Å². The van der Waals surface area contributed by atoms with E-state index in [2.05, 4.69) is 16.7 Å². The lowest BCUT2D eigenvalue weighted by Crippen LogP contribution is -2.43. The van der Waals surface area contributed by atoms with Gasteiger partial charge in [0.15, 0.2) is 0 Å². The molecule has 31 heavy (non-hydrogen) atoms. The van der Waals surface area contributed by atoms with Crippen LogP contribution in [0.25, 0.3) is 0 Å². The zero-order valence-electron chi connectivity index (χ0n) is 19.2. The van der Waals surface area contributed by atoms with Crippen LogP contribution in [0.15, 0.2) is 18.2 Å². The van der Waals surface area contributed by atoms with E-state index in [0.717, 1.165) is 44.3 Å². The normalized spacial score (nSPS) is 26.5. The Morgan fingerprint density at radius 1 is 1.03 bits per heavy atom. The Kier molecular flexibility index (Phi) is 8.34. The van der Waals surface area contributed by atoms with E-state index in [1.165, 1.54) is 82.6 Å². The molecule has 1 aromatic carbocycles. The lowest BCUT2D eigenvalue weighted by atomic mass is 9.62. The van der Waals surface area contributed by atoms with Crippen LogP contribution >= 0.6 is 11.6 Å². The van der Waals surface area contributed by atoms with Gasteiger partial charge >= 0.3 is 0 Å². The monoisotopic (exact) mass is 444 g/mol. The highest BCUT2D eigenvalue weighted by Crippen LogP contribution is 2.48. The van der Waals surface area contributed by atoms with Crippen molar-refractivity contribution in [1.82, 2.24) is 10.6 Å². The van der Waals surface area contributed by atoms with Crippen molar-refractivity contribution in [3.63, 3.8) is 0 Å². The maximum absolute atomic E-state index is 13.0. The summed E-state index contributed by atoms with van der Waals surface area (Å²) in [7, 11) is 0. The Bertz CT molecular complexity index is 718. The number of fused-ring (bicyclic) bond motifs is 2. The van der Waals surface area contributed by atoms with Gasteiger partial charge in [-0.05, 0) is 93.0 Å². The molecule has 3 aliphatic carbocycles. The van der Waals surface area contributed by atoms with Crippen LogP contribution in [0.3, 0.4) is 0 Å². The summed E-state index contributed by atoms with van der Waals surface area (Å²) in [5.74, 6) is 1.77. The molecular weight excluding hydrogens is 404 g/mol. The quantitative estimate of drug-likeness (QED) is 0.425. The van der Waals surface area contributed by atoms with Crippen LogP contribution in [-0.4, -0.2) is 25.5 Å². The number of amides is 1. The second kappa shape index (κ2) is 11.2. The van der Waals surface area contributed by atoms with Crippen molar-refractivity contribution in [2.24, 2.45) is 17.3 Å². The van der Waals surface area contributed by atoms with Gasteiger partial charge in [-0.3, -0.25) is 4.79 Å². The summed E-state index contributed by atoms with van der Waals surface area (Å²) in [4.78, 5) is 13.0. The summed E-state index contributed by atoms with van der Waals surface area (Å²) < 4.78 is 0. The number of benzene rings is 1. The first-order chi connectivity index (χ1) is 15.1. The van der Waals surface area contributed by atoms with Gasteiger partial charge in [0.1, 0.15) is 0 Å². The third-order valence-corrected chi connectivity index (χ3v) is 8.57. The lowest BCUT2D eigenvalue weighted by molar-refractivity contribution is 0.0682. The minimum Gasteiger partial charge on any atom is -0.351 e. The molecule has 0 spiro atoms. The van der Waals surface area contributed by atoms with Crippen molar-refractivity contribution in [3.05, 3.63) is 34.3 Å². The minimum absolute atomic E-state index is 0.00402. The van der Waals surface area contributed by atoms with E-state index >= 15 is 0 Å². The Morgan fingerprint density at radius 3 is 2.58 bits per heavy atom. The smallest absolute Gasteiger partial charge is 0.252 e. The molecule has 0 aliphatic heterocycles. The number of nitrogens with one attached hydrogen (secondary N) is 2. The van der Waals surface area contributed by atoms with Gasteiger partial charge in [-0.15, -0.1) is 0 Å². The van der Waals surface area contributed by atoms with Gasteiger partial charge in [-0.1, -0.05) is 62.6 Å². The molecule has 3 nitrogen and oxygen atoms in total. The predicted molar refractivity (Wildman–Crippen MR) is 130 cm³/mol. The van der Waals surface area contributed by atoms with E-state index in [-0.39, 0.29) is 5.91 Å². The van der Waals surface area contributed by atoms with Crippen LogP contribution in [0, 0.1) is 17.3 Å². The maximum atomic E-state index is 13.0. The van der Waals surface area contributed by atoms with Gasteiger partial charge in [-0.25, -0.2) is 0 Å². The zero-order valence-corrected chi connectivity index (χ0v) is 19.9. The Labute approximate surface area is 194 Å². The summed E-state index contributed by atoms with van der Waals surface area (Å²) in [5.41, 5.74) is 2.20. The number of halogens is 1. The average Bonchev–Trinajstić information content (AvgIpc) is 2.79. The van der Waals surface area contributed by atoms with Gasteiger partial charge in [0, 0.05) is 6.54 Å². The first-order valence-corrected chi connectivity index (χ1v) is 13.3. The van der Waals surface area contributed by atoms with Crippen LogP contribution in [0.4, 0.5) is 0 Å². The molecule has 0 saturated heterocycles. The third-order valence-electron chi connectivity index (χ3n) is 8.24. The molecule has 3 saturated carbocycles. The summed E-state index contributed by atoms with van der Waals surface area (Å²) in [6.45, 7) is 3.02. The fourth-order valence-electron chi connectivity index (χ4n) is 6.45. The number of carbonyl (C=O) groups excluding carboxylic acids is 1. The second-order valence-corrected chi connectivity index (χ2v) is 11.1. The van der Waals surface area contributed by atoms with Crippen LogP contribution < -0.4 is 10.6 Å². The maximum Gasteiger partial charge on any atom is 0.252 e. The van der Waals surface area contributed by atoms with Gasteiger partial charge in [0.2, 0.25) is 0 Å². The Morgan fingerprint density at radius 2 is 1.81 bits per heavy atom. The van der Waals surface area contributed by atoms with E-state index in [9.17, 15) is 4.79 Å². The van der Waals surface area contributed by atoms with Crippen LogP contribution in [0.1, 0.15) is 99.4 Å². The SMILES string of the molecule is O=C(NCC12CCCC(CCC1)C2)c1cc(CCCNCC2CCCCC2)ccc1Cl. The standard InChI is InChI=1S/C27H41ClN2O/c28-25-13-12-21(11-6-16-29-19-23-7-2-1-3-8-23)17-24(25)26(31)30-20-27-14-4-9-22(18-27)10-5-15-27/h12-13,17,22-23,29H,1-11,14-16,18-20H2,(H,30,31). The number of aryl methyl sites for hydroxylation is 1. The van der Waals surface area contributed by atoms with E-state index in [1.807, 2.05) is 12.1 Å². The van der Waals surface area contributed by atoms with E-state index in [0.29, 0.717) is 16.0 Å². The zero-order chi connectivity index (χ0) is 21.5. The molecule has 0 aromatic heterocycles. The number of hydrogen-bond acceptors (Lipinski definition) is 2. The lowest BCUT2D eigenvalue weighted by Gasteiger charge is -2.45. The highest BCUT2D eigenvalue weighted by molar-refractivity contribution is 6.33. The highest BCUT2D eigenvalue weighted by Gasteiger charge is 2.39. The number of carbonyl (C=O) groups is 1. The van der Waals surface area contributed by atoms with E-state index in [4.69, 9.17) is 11.6 Å².